The minimum absolute atomic E-state index is 0.0165. The van der Waals surface area contributed by atoms with Crippen LogP contribution in [0.1, 0.15) is 146 Å². The van der Waals surface area contributed by atoms with Gasteiger partial charge in [0.25, 0.3) is 10.4 Å². The second kappa shape index (κ2) is 32.8. The molecule has 6 aromatic rings. The number of nitrogens with zero attached hydrogens (tertiary/aromatic N) is 5. The van der Waals surface area contributed by atoms with Crippen LogP contribution in [0.3, 0.4) is 0 Å². The number of ketones is 2. The third-order valence-corrected chi connectivity index (χ3v) is 27.9. The third-order valence-electron chi connectivity index (χ3n) is 21.2. The molecular formula is C75H90ClN7O16S6. The molecular weight excluding hydrogens is 1480 g/mol. The number of sulfonamides is 3. The Morgan fingerprint density at radius 3 is 1.44 bits per heavy atom. The summed E-state index contributed by atoms with van der Waals surface area (Å²) in [6.07, 6.45) is 20.6. The number of carbonyl (C=O) groups is 6. The van der Waals surface area contributed by atoms with Gasteiger partial charge in [0.05, 0.1) is 79.4 Å². The van der Waals surface area contributed by atoms with Crippen LogP contribution in [0, 0.1) is 28.6 Å². The molecule has 8 aliphatic rings. The van der Waals surface area contributed by atoms with Crippen LogP contribution >= 0.6 is 33.4 Å². The molecule has 4 amide bonds. The summed E-state index contributed by atoms with van der Waals surface area (Å²) in [6, 6.07) is 31.7. The number of aromatic nitrogens is 2. The maximum atomic E-state index is 14.8. The summed E-state index contributed by atoms with van der Waals surface area (Å²) in [5.74, 6) is -3.23. The maximum Gasteiger partial charge on any atom is 0.274 e. The average molecular weight is 1570 g/mol. The molecule has 4 aromatic carbocycles. The van der Waals surface area contributed by atoms with Crippen LogP contribution in [0.25, 0.3) is 20.4 Å². The van der Waals surface area contributed by atoms with Crippen molar-refractivity contribution in [1.29, 1.82) is 0 Å². The van der Waals surface area contributed by atoms with Crippen LogP contribution in [0.4, 0.5) is 0 Å². The van der Waals surface area contributed by atoms with E-state index in [1.54, 1.807) is 4.90 Å². The summed E-state index contributed by atoms with van der Waals surface area (Å²) in [5, 5.41) is -0.258. The number of carbonyl (C=O) groups excluding carboxylic acids is 6. The maximum absolute atomic E-state index is 14.8. The van der Waals surface area contributed by atoms with Crippen molar-refractivity contribution in [2.75, 3.05) is 25.6 Å². The fraction of sp³-hybridized carbons (Fsp3) is 0.520. The van der Waals surface area contributed by atoms with Crippen LogP contribution in [0.5, 0.6) is 10.4 Å². The first-order valence-corrected chi connectivity index (χ1v) is 45.5. The second-order valence-electron chi connectivity index (χ2n) is 29.3. The molecule has 14 rings (SSSR count). The van der Waals surface area contributed by atoms with Crippen molar-refractivity contribution < 1.29 is 71.9 Å². The molecule has 4 saturated carbocycles. The van der Waals surface area contributed by atoms with E-state index in [9.17, 15) is 62.4 Å². The van der Waals surface area contributed by atoms with Gasteiger partial charge >= 0.3 is 0 Å². The molecule has 6 heterocycles. The Bertz CT molecular complexity index is 4650. The van der Waals surface area contributed by atoms with Gasteiger partial charge in [0.15, 0.2) is 11.6 Å². The van der Waals surface area contributed by atoms with Crippen molar-refractivity contribution in [3.05, 3.63) is 145 Å². The quantitative estimate of drug-likeness (QED) is 0.0633. The Kier molecular flexibility index (Phi) is 24.3. The monoisotopic (exact) mass is 1570 g/mol. The Morgan fingerprint density at radius 2 is 0.990 bits per heavy atom. The van der Waals surface area contributed by atoms with E-state index in [0.29, 0.717) is 74.6 Å². The molecule has 6 fully saturated rings. The highest BCUT2D eigenvalue weighted by molar-refractivity contribution is 8.13. The molecule has 30 heteroatoms. The molecule has 23 nitrogen and oxygen atoms in total. The number of amides is 4. The topological polar surface area (TPSA) is 317 Å². The largest absolute Gasteiger partial charge is 0.465 e. The molecule has 0 spiro atoms. The first-order chi connectivity index (χ1) is 50.1. The number of para-hydroxylation sites is 2. The van der Waals surface area contributed by atoms with Crippen molar-refractivity contribution >= 4 is 128 Å². The molecule has 2 aromatic heterocycles. The first-order valence-electron chi connectivity index (χ1n) is 36.2. The van der Waals surface area contributed by atoms with Crippen molar-refractivity contribution in [2.45, 2.75) is 189 Å². The van der Waals surface area contributed by atoms with Crippen molar-refractivity contribution in [2.24, 2.45) is 28.6 Å². The molecule has 0 radical (unpaired) electrons. The molecule has 4 aliphatic carbocycles. The van der Waals surface area contributed by atoms with Crippen LogP contribution in [-0.2, 0) is 80.9 Å². The van der Waals surface area contributed by atoms with Gasteiger partial charge < -0.3 is 19.3 Å². The van der Waals surface area contributed by atoms with Gasteiger partial charge in [-0.25, -0.2) is 43.6 Å². The van der Waals surface area contributed by atoms with Crippen molar-refractivity contribution in [3.8, 4) is 10.4 Å². The number of halogens is 1. The minimum atomic E-state index is -3.90. The van der Waals surface area contributed by atoms with Gasteiger partial charge in [-0.05, 0) is 137 Å². The van der Waals surface area contributed by atoms with Crippen molar-refractivity contribution in [3.63, 3.8) is 0 Å². The lowest BCUT2D eigenvalue weighted by Crippen LogP contribution is -2.53. The highest BCUT2D eigenvalue weighted by atomic mass is 35.7. The fourth-order valence-corrected chi connectivity index (χ4v) is 20.6. The Balaban J connectivity index is 0.000000186. The number of rotatable bonds is 17. The number of fused-ring (bicyclic) bond motifs is 6. The number of ether oxygens (including phenoxy) is 2. The first kappa shape index (κ1) is 77.6. The number of nitrogens with one attached hydrogen (secondary N) is 2. The predicted octanol–water partition coefficient (Wildman–Crippen LogP) is 10.7. The Labute approximate surface area is 626 Å². The van der Waals surface area contributed by atoms with E-state index in [1.165, 1.54) is 37.4 Å². The van der Waals surface area contributed by atoms with Gasteiger partial charge in [-0.3, -0.25) is 38.2 Å². The van der Waals surface area contributed by atoms with Gasteiger partial charge in [0.2, 0.25) is 62.7 Å². The standard InChI is InChI=1S/C37H44N4O8S3.C37H43N3O6S2.CH3ClO2S/c1-51(45,46)41(23-25-12-6-5-7-13-25)30-16-9-4-2-3-8-14-26-21-37(26,35(44)39-52(47,48)28-18-19-28)22-32(42)31-20-27(24-40(31)34(30)43)49-36-38-29-15-10-11-17-33(29)50-36;41-32-23-37(35(43)39-48(44,45)29-19-20-29)22-27(37)14-8-3-1-2-7-13-26(18-17-25-11-5-4-6-12-25)34(42)40-24-28(21-31(32)40)46-36-38-30-15-9-10-16-33(30)47-36;1-5(2,3)4/h5-8,10-15,17,26-28,30-31H,2-4,9,16,18-24H2,1H3,(H,39,44);4-6,8-12,14-16,26-29,31H,1-3,7,13,17-24H2,(H,39,43);1H3/b2*14-8-;/t26-,27-,30+,31+,37-;26-,27-,28-,31+,37-;/m11./s1. The fourth-order valence-electron chi connectivity index (χ4n) is 15.0. The number of benzene rings is 4. The number of aryl methyl sites for hydroxylation is 1. The molecule has 564 valence electrons. The number of hydrogen-bond acceptors (Lipinski definition) is 20. The smallest absolute Gasteiger partial charge is 0.274 e. The SMILES string of the molecule is CS(=O)(=O)Cl.CS(=O)(=O)N(Cc1ccccc1)[C@H]1CCCCC/C=C\[C@@H]2C[C@@]2(C(=O)NS(=O)(=O)C2CC2)CC(=O)[C@@H]2C[C@@H](Oc3nc4ccccc4s3)CN2C1=O.O=C1C[C@]2(C(=O)NS(=O)(=O)C3CC3)C[C@H]2/C=C\CCCCC[C@H](CCc2ccccc2)C(=O)N2C[C@H](Oc3nc4ccccc4s3)C[C@@H]12. The average Bonchev–Trinajstić information content (AvgIpc) is 1.58. The van der Waals surface area contributed by atoms with Crippen LogP contribution in [-0.4, -0.2) is 159 Å². The van der Waals surface area contributed by atoms with Gasteiger partial charge in [-0.2, -0.15) is 4.31 Å². The number of thiazole rings is 2. The zero-order valence-electron chi connectivity index (χ0n) is 58.7. The summed E-state index contributed by atoms with van der Waals surface area (Å²) in [7, 11) is -10.2. The zero-order chi connectivity index (χ0) is 74.5. The molecule has 2 N–H and O–H groups in total. The summed E-state index contributed by atoms with van der Waals surface area (Å²) in [5.41, 5.74) is 1.09. The summed E-state index contributed by atoms with van der Waals surface area (Å²) >= 11 is 2.79. The summed E-state index contributed by atoms with van der Waals surface area (Å²) < 4.78 is 117. The third kappa shape index (κ3) is 19.9. The predicted molar refractivity (Wildman–Crippen MR) is 403 cm³/mol. The van der Waals surface area contributed by atoms with Crippen LogP contribution in [0.15, 0.2) is 133 Å². The van der Waals surface area contributed by atoms with Gasteiger partial charge in [0, 0.05) is 48.8 Å². The minimum Gasteiger partial charge on any atom is -0.465 e. The molecule has 4 aliphatic heterocycles. The number of allylic oxidation sites excluding steroid dienone is 4. The van der Waals surface area contributed by atoms with Gasteiger partial charge in [0.1, 0.15) is 18.2 Å². The lowest BCUT2D eigenvalue weighted by molar-refractivity contribution is -0.142. The van der Waals surface area contributed by atoms with E-state index < -0.39 is 109 Å². The van der Waals surface area contributed by atoms with E-state index in [4.69, 9.17) is 9.47 Å². The van der Waals surface area contributed by atoms with E-state index in [-0.39, 0.29) is 80.5 Å². The molecule has 10 atom stereocenters. The van der Waals surface area contributed by atoms with Crippen LogP contribution < -0.4 is 18.9 Å². The molecule has 2 saturated heterocycles. The zero-order valence-corrected chi connectivity index (χ0v) is 64.4. The number of hydrogen-bond donors (Lipinski definition) is 2. The Hall–Kier alpha value is -6.99. The van der Waals surface area contributed by atoms with E-state index in [0.717, 1.165) is 89.9 Å². The lowest BCUT2D eigenvalue weighted by atomic mass is 9.90. The highest BCUT2D eigenvalue weighted by Crippen LogP contribution is 2.59. The lowest BCUT2D eigenvalue weighted by Gasteiger charge is -2.34. The molecule has 105 heavy (non-hydrogen) atoms. The van der Waals surface area contributed by atoms with Gasteiger partial charge in [-0.15, -0.1) is 0 Å². The highest BCUT2D eigenvalue weighted by Gasteiger charge is 2.63. The van der Waals surface area contributed by atoms with E-state index in [1.807, 2.05) is 115 Å². The summed E-state index contributed by atoms with van der Waals surface area (Å²) in [6.45, 7) is 0.256. The molecule has 0 unspecified atom stereocenters. The van der Waals surface area contributed by atoms with Crippen LogP contribution in [0.2, 0.25) is 0 Å². The van der Waals surface area contributed by atoms with Gasteiger partial charge in [-0.1, -0.05) is 158 Å². The molecule has 0 bridgehead atoms. The summed E-state index contributed by atoms with van der Waals surface area (Å²) in [4.78, 5) is 97.9. The normalized spacial score (nSPS) is 27.7. The van der Waals surface area contributed by atoms with Crippen molar-refractivity contribution in [1.82, 2.24) is 33.5 Å². The second-order valence-corrected chi connectivity index (χ2v) is 40.2. The Morgan fingerprint density at radius 1 is 0.562 bits per heavy atom. The van der Waals surface area contributed by atoms with E-state index >= 15 is 0 Å². The number of Topliss-reactive ketones (excluding diaryl/α,β-unsaturated/α-hetero) is 2. The van der Waals surface area contributed by atoms with E-state index in [2.05, 4.69) is 48.3 Å².